The highest BCUT2D eigenvalue weighted by atomic mass is 35.5. The Hall–Kier alpha value is -2.87. The van der Waals surface area contributed by atoms with Gasteiger partial charge >= 0.3 is 0 Å². The van der Waals surface area contributed by atoms with Crippen LogP contribution in [0, 0.1) is 5.41 Å². The minimum Gasteiger partial charge on any atom is -0.437 e. The molecule has 0 spiro atoms. The molecule has 1 saturated carbocycles. The van der Waals surface area contributed by atoms with Crippen LogP contribution in [-0.2, 0) is 11.4 Å². The molecule has 5 rings (SSSR count). The second-order valence-corrected chi connectivity index (χ2v) is 10.2. The van der Waals surface area contributed by atoms with Crippen LogP contribution in [0.5, 0.6) is 11.6 Å². The van der Waals surface area contributed by atoms with E-state index in [-0.39, 0.29) is 17.9 Å². The molecule has 182 valence electrons. The van der Waals surface area contributed by atoms with Crippen LogP contribution in [0.15, 0.2) is 48.7 Å². The molecule has 3 heterocycles. The number of amides is 1. The Morgan fingerprint density at radius 2 is 1.77 bits per heavy atom. The van der Waals surface area contributed by atoms with E-state index in [1.54, 1.807) is 36.5 Å². The standard InChI is InChI=1S/C26H26Cl2N4O3/c1-26(4-5-26)25(34)32-8-6-31(7-9-32)23-3-2-21(15-29-23)35-24-11-17(16-33)10-22(30-24)18-12-19(27)14-20(28)13-18/h2-3,10-15,33H,4-9,16H2,1H3. The van der Waals surface area contributed by atoms with Crippen molar-refractivity contribution in [2.45, 2.75) is 26.4 Å². The Morgan fingerprint density at radius 1 is 1.06 bits per heavy atom. The van der Waals surface area contributed by atoms with Crippen molar-refractivity contribution in [3.63, 3.8) is 0 Å². The number of carbonyl (C=O) groups is 1. The maximum absolute atomic E-state index is 12.6. The first-order valence-corrected chi connectivity index (χ1v) is 12.4. The van der Waals surface area contributed by atoms with Gasteiger partial charge in [-0.05, 0) is 54.8 Å². The van der Waals surface area contributed by atoms with Gasteiger partial charge in [0.1, 0.15) is 11.6 Å². The van der Waals surface area contributed by atoms with Crippen molar-refractivity contribution in [2.75, 3.05) is 31.1 Å². The molecule has 3 aromatic rings. The number of aliphatic hydroxyl groups excluding tert-OH is 1. The van der Waals surface area contributed by atoms with Crippen molar-refractivity contribution in [1.29, 1.82) is 0 Å². The summed E-state index contributed by atoms with van der Waals surface area (Å²) in [6.07, 6.45) is 3.65. The Labute approximate surface area is 214 Å². The second kappa shape index (κ2) is 9.64. The number of nitrogens with zero attached hydrogens (tertiary/aromatic N) is 4. The normalized spacial score (nSPS) is 16.8. The zero-order chi connectivity index (χ0) is 24.6. The van der Waals surface area contributed by atoms with Crippen molar-refractivity contribution in [1.82, 2.24) is 14.9 Å². The van der Waals surface area contributed by atoms with E-state index >= 15 is 0 Å². The SMILES string of the molecule is CC1(C(=O)N2CCN(c3ccc(Oc4cc(CO)cc(-c5cc(Cl)cc(Cl)c5)n4)cn3)CC2)CC1. The van der Waals surface area contributed by atoms with Crippen molar-refractivity contribution in [3.05, 3.63) is 64.3 Å². The van der Waals surface area contributed by atoms with Gasteiger partial charge in [-0.2, -0.15) is 0 Å². The molecule has 1 N–H and O–H groups in total. The Balaban J connectivity index is 1.27. The maximum atomic E-state index is 12.6. The summed E-state index contributed by atoms with van der Waals surface area (Å²) in [7, 11) is 0. The first-order valence-electron chi connectivity index (χ1n) is 11.6. The summed E-state index contributed by atoms with van der Waals surface area (Å²) < 4.78 is 5.96. The number of rotatable bonds is 6. The summed E-state index contributed by atoms with van der Waals surface area (Å²) in [6.45, 7) is 4.82. The molecule has 9 heteroatoms. The monoisotopic (exact) mass is 512 g/mol. The van der Waals surface area contributed by atoms with Crippen LogP contribution in [-0.4, -0.2) is 52.1 Å². The van der Waals surface area contributed by atoms with Crippen LogP contribution in [0.1, 0.15) is 25.3 Å². The Morgan fingerprint density at radius 3 is 2.37 bits per heavy atom. The fourth-order valence-electron chi connectivity index (χ4n) is 4.21. The minimum absolute atomic E-state index is 0.125. The molecular weight excluding hydrogens is 487 g/mol. The molecule has 1 aliphatic heterocycles. The van der Waals surface area contributed by atoms with E-state index in [1.807, 2.05) is 17.0 Å². The molecule has 2 fully saturated rings. The van der Waals surface area contributed by atoms with Gasteiger partial charge < -0.3 is 19.6 Å². The molecule has 2 aliphatic rings. The van der Waals surface area contributed by atoms with Gasteiger partial charge in [0.25, 0.3) is 0 Å². The number of aliphatic hydroxyl groups is 1. The van der Waals surface area contributed by atoms with Gasteiger partial charge in [0.05, 0.1) is 18.5 Å². The molecular formula is C26H26Cl2N4O3. The first kappa shape index (κ1) is 23.9. The van der Waals surface area contributed by atoms with E-state index in [9.17, 15) is 9.90 Å². The quantitative estimate of drug-likeness (QED) is 0.489. The molecule has 0 atom stereocenters. The number of halogens is 2. The summed E-state index contributed by atoms with van der Waals surface area (Å²) in [5.74, 6) is 1.99. The van der Waals surface area contributed by atoms with Gasteiger partial charge in [-0.15, -0.1) is 0 Å². The largest absolute Gasteiger partial charge is 0.437 e. The molecule has 0 unspecified atom stereocenters. The lowest BCUT2D eigenvalue weighted by molar-refractivity contribution is -0.136. The van der Waals surface area contributed by atoms with Gasteiger partial charge in [-0.3, -0.25) is 4.79 Å². The molecule has 1 saturated heterocycles. The lowest BCUT2D eigenvalue weighted by Gasteiger charge is -2.36. The molecule has 0 bridgehead atoms. The van der Waals surface area contributed by atoms with E-state index in [0.717, 1.165) is 37.3 Å². The van der Waals surface area contributed by atoms with E-state index in [2.05, 4.69) is 21.8 Å². The van der Waals surface area contributed by atoms with E-state index in [0.29, 0.717) is 46.0 Å². The molecule has 2 aromatic heterocycles. The summed E-state index contributed by atoms with van der Waals surface area (Å²) in [5, 5.41) is 10.7. The van der Waals surface area contributed by atoms with E-state index in [4.69, 9.17) is 27.9 Å². The fraction of sp³-hybridized carbons (Fsp3) is 0.346. The number of ether oxygens (including phenoxy) is 1. The topological polar surface area (TPSA) is 78.8 Å². The van der Waals surface area contributed by atoms with Crippen LogP contribution >= 0.6 is 23.2 Å². The van der Waals surface area contributed by atoms with Crippen molar-refractivity contribution in [3.8, 4) is 22.9 Å². The summed E-state index contributed by atoms with van der Waals surface area (Å²) in [5.41, 5.74) is 1.84. The lowest BCUT2D eigenvalue weighted by Crippen LogP contribution is -2.50. The van der Waals surface area contributed by atoms with Gasteiger partial charge in [-0.1, -0.05) is 30.1 Å². The molecule has 7 nitrogen and oxygen atoms in total. The first-order chi connectivity index (χ1) is 16.8. The molecule has 1 amide bonds. The van der Waals surface area contributed by atoms with Crippen LogP contribution in [0.3, 0.4) is 0 Å². The number of aromatic nitrogens is 2. The van der Waals surface area contributed by atoms with E-state index in [1.165, 1.54) is 0 Å². The predicted molar refractivity (Wildman–Crippen MR) is 136 cm³/mol. The van der Waals surface area contributed by atoms with E-state index < -0.39 is 0 Å². The Kier molecular flexibility index (Phi) is 6.57. The minimum atomic E-state index is -0.162. The van der Waals surface area contributed by atoms with Gasteiger partial charge in [0.2, 0.25) is 11.8 Å². The third kappa shape index (κ3) is 5.37. The van der Waals surface area contributed by atoms with Crippen LogP contribution in [0.25, 0.3) is 11.3 Å². The summed E-state index contributed by atoms with van der Waals surface area (Å²) >= 11 is 12.3. The fourth-order valence-corrected chi connectivity index (χ4v) is 4.74. The number of hydrogen-bond donors (Lipinski definition) is 1. The number of benzene rings is 1. The Bertz CT molecular complexity index is 1220. The second-order valence-electron chi connectivity index (χ2n) is 9.31. The average molecular weight is 513 g/mol. The summed E-state index contributed by atoms with van der Waals surface area (Å²) in [4.78, 5) is 25.9. The van der Waals surface area contributed by atoms with Gasteiger partial charge in [0, 0.05) is 53.3 Å². The van der Waals surface area contributed by atoms with Crippen molar-refractivity contribution < 1.29 is 14.6 Å². The number of carbonyl (C=O) groups excluding carboxylic acids is 1. The summed E-state index contributed by atoms with van der Waals surface area (Å²) in [6, 6.07) is 12.4. The van der Waals surface area contributed by atoms with Gasteiger partial charge in [-0.25, -0.2) is 9.97 Å². The highest BCUT2D eigenvalue weighted by Gasteiger charge is 2.47. The zero-order valence-electron chi connectivity index (χ0n) is 19.4. The van der Waals surface area contributed by atoms with Crippen LogP contribution < -0.4 is 9.64 Å². The van der Waals surface area contributed by atoms with Crippen LogP contribution in [0.4, 0.5) is 5.82 Å². The molecule has 1 aromatic carbocycles. The predicted octanol–water partition coefficient (Wildman–Crippen LogP) is 5.18. The molecule has 0 radical (unpaired) electrons. The smallest absolute Gasteiger partial charge is 0.228 e. The molecule has 1 aliphatic carbocycles. The van der Waals surface area contributed by atoms with Crippen molar-refractivity contribution >= 4 is 34.9 Å². The van der Waals surface area contributed by atoms with Crippen LogP contribution in [0.2, 0.25) is 10.0 Å². The highest BCUT2D eigenvalue weighted by Crippen LogP contribution is 2.46. The maximum Gasteiger partial charge on any atom is 0.228 e. The average Bonchev–Trinajstić information content (AvgIpc) is 3.62. The lowest BCUT2D eigenvalue weighted by atomic mass is 10.1. The zero-order valence-corrected chi connectivity index (χ0v) is 20.9. The highest BCUT2D eigenvalue weighted by molar-refractivity contribution is 6.35. The van der Waals surface area contributed by atoms with Crippen molar-refractivity contribution in [2.24, 2.45) is 5.41 Å². The number of pyridine rings is 2. The van der Waals surface area contributed by atoms with Gasteiger partial charge in [0.15, 0.2) is 0 Å². The third-order valence-corrected chi connectivity index (χ3v) is 6.99. The third-order valence-electron chi connectivity index (χ3n) is 6.55. The number of piperazine rings is 1. The number of anilines is 1. The number of hydrogen-bond acceptors (Lipinski definition) is 6. The molecule has 35 heavy (non-hydrogen) atoms.